The summed E-state index contributed by atoms with van der Waals surface area (Å²) in [5.74, 6) is -0.476. The van der Waals surface area contributed by atoms with Gasteiger partial charge in [-0.05, 0) is 25.6 Å². The van der Waals surface area contributed by atoms with Gasteiger partial charge in [-0.1, -0.05) is 42.6 Å². The Kier molecular flexibility index (Phi) is 5.90. The van der Waals surface area contributed by atoms with Crippen LogP contribution >= 0.6 is 23.2 Å². The highest BCUT2D eigenvalue weighted by Gasteiger charge is 2.42. The molecule has 0 atom stereocenters. The van der Waals surface area contributed by atoms with Crippen LogP contribution in [0.1, 0.15) is 25.3 Å². The van der Waals surface area contributed by atoms with Gasteiger partial charge in [0.25, 0.3) is 11.8 Å². The van der Waals surface area contributed by atoms with Crippen molar-refractivity contribution in [3.8, 4) is 0 Å². The first-order valence-electron chi connectivity index (χ1n) is 8.93. The summed E-state index contributed by atoms with van der Waals surface area (Å²) in [6, 6.07) is 5.04. The van der Waals surface area contributed by atoms with Crippen molar-refractivity contribution in [3.05, 3.63) is 39.5 Å². The Hall–Kier alpha value is -1.56. The fourth-order valence-corrected chi connectivity index (χ4v) is 3.84. The van der Waals surface area contributed by atoms with Crippen LogP contribution in [-0.2, 0) is 9.59 Å². The smallest absolute Gasteiger partial charge is 0.277 e. The number of benzene rings is 1. The number of imide groups is 1. The van der Waals surface area contributed by atoms with Gasteiger partial charge in [0, 0.05) is 43.3 Å². The van der Waals surface area contributed by atoms with E-state index in [4.69, 9.17) is 23.2 Å². The van der Waals surface area contributed by atoms with Gasteiger partial charge in [0.15, 0.2) is 0 Å². The Morgan fingerprint density at radius 3 is 2.35 bits per heavy atom. The second kappa shape index (κ2) is 7.99. The van der Waals surface area contributed by atoms with Crippen molar-refractivity contribution in [2.24, 2.45) is 0 Å². The summed E-state index contributed by atoms with van der Waals surface area (Å²) >= 11 is 12.4. The van der Waals surface area contributed by atoms with E-state index < -0.39 is 0 Å². The zero-order valence-corrected chi connectivity index (χ0v) is 16.6. The minimum atomic E-state index is -0.262. The summed E-state index contributed by atoms with van der Waals surface area (Å²) in [4.78, 5) is 31.8. The summed E-state index contributed by atoms with van der Waals surface area (Å²) < 4.78 is 0. The highest BCUT2D eigenvalue weighted by atomic mass is 35.5. The number of hydrogen-bond donors (Lipinski definition) is 0. The summed E-state index contributed by atoms with van der Waals surface area (Å²) in [7, 11) is 2.05. The van der Waals surface area contributed by atoms with Crippen molar-refractivity contribution in [1.29, 1.82) is 0 Å². The molecule has 0 spiro atoms. The summed E-state index contributed by atoms with van der Waals surface area (Å²) in [5, 5.41) is 0.887. The lowest BCUT2D eigenvalue weighted by Crippen LogP contribution is -2.46. The fraction of sp³-hybridized carbons (Fsp3) is 0.474. The monoisotopic (exact) mass is 395 g/mol. The molecule has 0 bridgehead atoms. The number of rotatable bonds is 5. The topological polar surface area (TPSA) is 43.9 Å². The summed E-state index contributed by atoms with van der Waals surface area (Å²) in [6.07, 6.45) is 1.70. The molecule has 3 rings (SSSR count). The number of piperazine rings is 1. The first-order valence-corrected chi connectivity index (χ1v) is 9.69. The van der Waals surface area contributed by atoms with Gasteiger partial charge in [-0.3, -0.25) is 14.5 Å². The van der Waals surface area contributed by atoms with Crippen LogP contribution in [0.25, 0.3) is 5.57 Å². The van der Waals surface area contributed by atoms with Crippen LogP contribution in [0.2, 0.25) is 10.0 Å². The van der Waals surface area contributed by atoms with E-state index in [9.17, 15) is 9.59 Å². The Labute approximate surface area is 164 Å². The predicted molar refractivity (Wildman–Crippen MR) is 104 cm³/mol. The van der Waals surface area contributed by atoms with Crippen LogP contribution in [0.5, 0.6) is 0 Å². The van der Waals surface area contributed by atoms with E-state index in [1.807, 2.05) is 11.8 Å². The van der Waals surface area contributed by atoms with Gasteiger partial charge < -0.3 is 9.80 Å². The van der Waals surface area contributed by atoms with Crippen molar-refractivity contribution in [2.45, 2.75) is 19.8 Å². The molecule has 1 aromatic carbocycles. The first kappa shape index (κ1) is 19.2. The molecule has 0 aliphatic carbocycles. The van der Waals surface area contributed by atoms with E-state index in [1.165, 1.54) is 4.90 Å². The third kappa shape index (κ3) is 3.61. The maximum absolute atomic E-state index is 13.1. The van der Waals surface area contributed by atoms with Gasteiger partial charge in [0.05, 0.1) is 10.6 Å². The Bertz CT molecular complexity index is 755. The van der Waals surface area contributed by atoms with E-state index in [0.717, 1.165) is 25.9 Å². The number of amides is 2. The van der Waals surface area contributed by atoms with Crippen LogP contribution < -0.4 is 0 Å². The molecule has 2 amide bonds. The lowest BCUT2D eigenvalue weighted by Gasteiger charge is -2.34. The quantitative estimate of drug-likeness (QED) is 0.718. The molecular formula is C19H23Cl2N3O2. The molecule has 0 aromatic heterocycles. The average Bonchev–Trinajstić information content (AvgIpc) is 2.85. The molecule has 140 valence electrons. The van der Waals surface area contributed by atoms with Gasteiger partial charge >= 0.3 is 0 Å². The fourth-order valence-electron chi connectivity index (χ4n) is 3.34. The molecule has 2 aliphatic heterocycles. The zero-order chi connectivity index (χ0) is 18.8. The van der Waals surface area contributed by atoms with Crippen LogP contribution in [0.3, 0.4) is 0 Å². The molecule has 2 heterocycles. The van der Waals surface area contributed by atoms with Gasteiger partial charge in [0.1, 0.15) is 5.70 Å². The zero-order valence-electron chi connectivity index (χ0n) is 15.1. The number of halogens is 2. The largest absolute Gasteiger partial charge is 0.364 e. The Morgan fingerprint density at radius 1 is 1.04 bits per heavy atom. The van der Waals surface area contributed by atoms with E-state index >= 15 is 0 Å². The molecule has 7 heteroatoms. The average molecular weight is 396 g/mol. The van der Waals surface area contributed by atoms with Gasteiger partial charge in [-0.25, -0.2) is 0 Å². The van der Waals surface area contributed by atoms with E-state index in [1.54, 1.807) is 18.2 Å². The maximum Gasteiger partial charge on any atom is 0.277 e. The molecule has 0 unspecified atom stereocenters. The molecular weight excluding hydrogens is 373 g/mol. The third-order valence-corrected chi connectivity index (χ3v) is 5.45. The molecule has 5 nitrogen and oxygen atoms in total. The van der Waals surface area contributed by atoms with E-state index in [-0.39, 0.29) is 11.8 Å². The number of hydrogen-bond acceptors (Lipinski definition) is 4. The van der Waals surface area contributed by atoms with E-state index in [0.29, 0.717) is 46.5 Å². The molecule has 2 aliphatic rings. The van der Waals surface area contributed by atoms with Crippen molar-refractivity contribution in [1.82, 2.24) is 14.7 Å². The number of nitrogens with zero attached hydrogens (tertiary/aromatic N) is 3. The summed E-state index contributed by atoms with van der Waals surface area (Å²) in [5.41, 5.74) is 1.45. The normalized spacial score (nSPS) is 19.1. The van der Waals surface area contributed by atoms with Crippen LogP contribution in [0.15, 0.2) is 23.9 Å². The second-order valence-electron chi connectivity index (χ2n) is 6.75. The molecule has 1 saturated heterocycles. The lowest BCUT2D eigenvalue weighted by molar-refractivity contribution is -0.137. The van der Waals surface area contributed by atoms with Crippen molar-refractivity contribution >= 4 is 40.6 Å². The van der Waals surface area contributed by atoms with Crippen molar-refractivity contribution in [2.75, 3.05) is 39.8 Å². The van der Waals surface area contributed by atoms with Crippen LogP contribution in [0, 0.1) is 0 Å². The number of unbranched alkanes of at least 4 members (excludes halogenated alkanes) is 1. The SMILES string of the molecule is CCCCN1C(=O)C(c2ccc(Cl)cc2Cl)=C(N2CCN(C)CC2)C1=O. The van der Waals surface area contributed by atoms with Crippen LogP contribution in [-0.4, -0.2) is 66.3 Å². The Morgan fingerprint density at radius 2 is 1.73 bits per heavy atom. The molecule has 1 fully saturated rings. The predicted octanol–water partition coefficient (Wildman–Crippen LogP) is 3.12. The van der Waals surface area contributed by atoms with Crippen molar-refractivity contribution < 1.29 is 9.59 Å². The minimum absolute atomic E-state index is 0.214. The number of likely N-dealkylation sites (N-methyl/N-ethyl adjacent to an activating group) is 1. The van der Waals surface area contributed by atoms with Gasteiger partial charge in [-0.2, -0.15) is 0 Å². The van der Waals surface area contributed by atoms with E-state index in [2.05, 4.69) is 11.9 Å². The van der Waals surface area contributed by atoms with Crippen molar-refractivity contribution in [3.63, 3.8) is 0 Å². The summed E-state index contributed by atoms with van der Waals surface area (Å²) in [6.45, 7) is 5.59. The van der Waals surface area contributed by atoms with Crippen LogP contribution in [0.4, 0.5) is 0 Å². The standard InChI is InChI=1S/C19H23Cl2N3O2/c1-3-4-7-24-18(25)16(14-6-5-13(20)12-15(14)21)17(19(24)26)23-10-8-22(2)9-11-23/h5-6,12H,3-4,7-11H2,1-2H3. The molecule has 26 heavy (non-hydrogen) atoms. The maximum atomic E-state index is 13.1. The minimum Gasteiger partial charge on any atom is -0.364 e. The highest BCUT2D eigenvalue weighted by Crippen LogP contribution is 2.36. The lowest BCUT2D eigenvalue weighted by atomic mass is 10.0. The number of carbonyl (C=O) groups is 2. The highest BCUT2D eigenvalue weighted by molar-refractivity contribution is 6.41. The first-order chi connectivity index (χ1) is 12.4. The Balaban J connectivity index is 2.05. The second-order valence-corrected chi connectivity index (χ2v) is 7.60. The molecule has 1 aromatic rings. The molecule has 0 radical (unpaired) electrons. The van der Waals surface area contributed by atoms with Gasteiger partial charge in [0.2, 0.25) is 0 Å². The third-order valence-electron chi connectivity index (χ3n) is 4.90. The molecule has 0 N–H and O–H groups in total. The molecule has 0 saturated carbocycles. The number of carbonyl (C=O) groups excluding carboxylic acids is 2. The van der Waals surface area contributed by atoms with Gasteiger partial charge in [-0.15, -0.1) is 0 Å².